The maximum absolute atomic E-state index is 6.44. The first-order valence-corrected chi connectivity index (χ1v) is 16.1. The van der Waals surface area contributed by atoms with Crippen molar-refractivity contribution in [3.8, 4) is 0 Å². The van der Waals surface area contributed by atoms with E-state index in [0.717, 1.165) is 11.1 Å². The maximum atomic E-state index is 6.44. The number of rotatable bonds is 10. The van der Waals surface area contributed by atoms with E-state index < -0.39 is 8.56 Å². The molecule has 1 aliphatic rings. The van der Waals surface area contributed by atoms with Gasteiger partial charge in [-0.25, -0.2) is 18.9 Å². The van der Waals surface area contributed by atoms with Gasteiger partial charge >= 0.3 is 8.56 Å². The van der Waals surface area contributed by atoms with Crippen molar-refractivity contribution in [2.75, 3.05) is 13.2 Å². The van der Waals surface area contributed by atoms with Crippen molar-refractivity contribution in [3.63, 3.8) is 0 Å². The SMILES string of the molecule is CC1[C@H]([C@@H](C)COCc2ccccc2)OO[Si](C(C)(C)C)(C(C)(C)C)OO[C@H]1[C@@H](C)COCc1ccccc1. The molecule has 0 saturated carbocycles. The molecule has 0 spiro atoms. The van der Waals surface area contributed by atoms with Crippen LogP contribution in [0.25, 0.3) is 0 Å². The van der Waals surface area contributed by atoms with Crippen LogP contribution in [0.2, 0.25) is 10.1 Å². The summed E-state index contributed by atoms with van der Waals surface area (Å²) in [7, 11) is -3.07. The first-order chi connectivity index (χ1) is 18.4. The average molecular weight is 559 g/mol. The van der Waals surface area contributed by atoms with Crippen LogP contribution in [-0.2, 0) is 41.6 Å². The zero-order valence-electron chi connectivity index (χ0n) is 25.4. The lowest BCUT2D eigenvalue weighted by atomic mass is 9.84. The summed E-state index contributed by atoms with van der Waals surface area (Å²) in [4.78, 5) is 12.8. The fraction of sp³-hybridized carbons (Fsp3) is 0.625. The molecule has 0 N–H and O–H groups in total. The fourth-order valence-electron chi connectivity index (χ4n) is 5.54. The summed E-state index contributed by atoms with van der Waals surface area (Å²) in [6.45, 7) is 21.5. The molecule has 1 aliphatic heterocycles. The zero-order chi connectivity index (χ0) is 28.7. The lowest BCUT2D eigenvalue weighted by molar-refractivity contribution is -0.386. The predicted octanol–water partition coefficient (Wildman–Crippen LogP) is 8.02. The molecule has 0 amide bonds. The van der Waals surface area contributed by atoms with Crippen LogP contribution in [0.1, 0.15) is 73.4 Å². The van der Waals surface area contributed by atoms with Gasteiger partial charge in [-0.1, -0.05) is 123 Å². The highest BCUT2D eigenvalue weighted by Gasteiger charge is 2.63. The third kappa shape index (κ3) is 8.23. The van der Waals surface area contributed by atoms with E-state index in [4.69, 9.17) is 28.4 Å². The van der Waals surface area contributed by atoms with Crippen LogP contribution in [-0.4, -0.2) is 34.0 Å². The second-order valence-corrected chi connectivity index (χ2v) is 17.8. The van der Waals surface area contributed by atoms with Crippen LogP contribution in [0, 0.1) is 17.8 Å². The second-order valence-electron chi connectivity index (χ2n) is 13.2. The summed E-state index contributed by atoms with van der Waals surface area (Å²) < 4.78 is 25.1. The van der Waals surface area contributed by atoms with Gasteiger partial charge < -0.3 is 9.47 Å². The van der Waals surface area contributed by atoms with Gasteiger partial charge in [0.2, 0.25) is 0 Å². The molecule has 2 aromatic carbocycles. The summed E-state index contributed by atoms with van der Waals surface area (Å²) in [6.07, 6.45) is -0.495. The van der Waals surface area contributed by atoms with Crippen molar-refractivity contribution < 1.29 is 28.4 Å². The molecular formula is C32H50O6Si. The Hall–Kier alpha value is -1.58. The Morgan fingerprint density at radius 2 is 1.03 bits per heavy atom. The first kappa shape index (κ1) is 31.9. The molecule has 0 unspecified atom stereocenters. The predicted molar refractivity (Wildman–Crippen MR) is 157 cm³/mol. The van der Waals surface area contributed by atoms with E-state index in [1.54, 1.807) is 0 Å². The molecule has 218 valence electrons. The summed E-state index contributed by atoms with van der Waals surface area (Å²) >= 11 is 0. The molecule has 2 aromatic rings. The summed E-state index contributed by atoms with van der Waals surface area (Å²) in [5.41, 5.74) is 2.30. The van der Waals surface area contributed by atoms with Crippen LogP contribution < -0.4 is 0 Å². The Labute approximate surface area is 237 Å². The summed E-state index contributed by atoms with van der Waals surface area (Å²) in [5, 5.41) is -0.609. The molecule has 4 atom stereocenters. The minimum Gasteiger partial charge on any atom is -0.376 e. The van der Waals surface area contributed by atoms with Gasteiger partial charge in [0.1, 0.15) is 12.2 Å². The Kier molecular flexibility index (Phi) is 11.3. The van der Waals surface area contributed by atoms with Crippen LogP contribution >= 0.6 is 0 Å². The van der Waals surface area contributed by atoms with Crippen molar-refractivity contribution in [3.05, 3.63) is 71.8 Å². The molecule has 3 rings (SSSR count). The Morgan fingerprint density at radius 3 is 1.36 bits per heavy atom. The van der Waals surface area contributed by atoms with Gasteiger partial charge in [0.25, 0.3) is 0 Å². The van der Waals surface area contributed by atoms with Crippen LogP contribution in [0.5, 0.6) is 0 Å². The molecule has 0 radical (unpaired) electrons. The Bertz CT molecular complexity index is 892. The van der Waals surface area contributed by atoms with E-state index in [1.807, 2.05) is 36.4 Å². The minimum absolute atomic E-state index is 0.0254. The van der Waals surface area contributed by atoms with E-state index in [9.17, 15) is 0 Å². The van der Waals surface area contributed by atoms with Gasteiger partial charge in [-0.3, -0.25) is 0 Å². The molecular weight excluding hydrogens is 508 g/mol. The van der Waals surface area contributed by atoms with Crippen molar-refractivity contribution in [2.45, 2.75) is 97.8 Å². The van der Waals surface area contributed by atoms with E-state index in [-0.39, 0.29) is 40.0 Å². The Morgan fingerprint density at radius 1 is 0.667 bits per heavy atom. The summed E-state index contributed by atoms with van der Waals surface area (Å²) in [5.74, 6) is 0.108. The van der Waals surface area contributed by atoms with Gasteiger partial charge in [-0.15, -0.1) is 0 Å². The lowest BCUT2D eigenvalue weighted by Crippen LogP contribution is -2.61. The average Bonchev–Trinajstić information content (AvgIpc) is 2.86. The van der Waals surface area contributed by atoms with Crippen LogP contribution in [0.4, 0.5) is 0 Å². The third-order valence-corrected chi connectivity index (χ3v) is 12.3. The van der Waals surface area contributed by atoms with Gasteiger partial charge in [0.15, 0.2) is 0 Å². The molecule has 39 heavy (non-hydrogen) atoms. The molecule has 6 nitrogen and oxygen atoms in total. The normalized spacial score (nSPS) is 22.6. The number of hydrogen-bond acceptors (Lipinski definition) is 6. The molecule has 1 fully saturated rings. The number of benzene rings is 2. The van der Waals surface area contributed by atoms with Gasteiger partial charge in [-0.05, 0) is 11.1 Å². The molecule has 1 heterocycles. The number of ether oxygens (including phenoxy) is 2. The largest absolute Gasteiger partial charge is 0.419 e. The van der Waals surface area contributed by atoms with E-state index in [1.165, 1.54) is 0 Å². The van der Waals surface area contributed by atoms with E-state index >= 15 is 0 Å². The quantitative estimate of drug-likeness (QED) is 0.217. The van der Waals surface area contributed by atoms with Crippen LogP contribution in [0.15, 0.2) is 60.7 Å². The molecule has 0 aliphatic carbocycles. The second kappa shape index (κ2) is 13.9. The van der Waals surface area contributed by atoms with Gasteiger partial charge in [0, 0.05) is 27.8 Å². The highest BCUT2D eigenvalue weighted by Crippen LogP contribution is 2.53. The topological polar surface area (TPSA) is 55.4 Å². The number of hydrogen-bond donors (Lipinski definition) is 0. The molecule has 1 saturated heterocycles. The third-order valence-electron chi connectivity index (χ3n) is 7.67. The standard InChI is InChI=1S/C32H50O6Si/c1-24(20-33-22-27-16-12-10-13-17-27)29-26(3)30(25(2)21-34-23-28-18-14-11-15-19-28)36-38-39(37-35-29,31(4,5)6)32(7,8)9/h10-19,24-26,29-30H,20-23H2,1-9H3/t24-,25-,29-,30-/m0/s1. The zero-order valence-corrected chi connectivity index (χ0v) is 26.4. The first-order valence-electron chi connectivity index (χ1n) is 14.3. The molecule has 0 bridgehead atoms. The molecule has 0 aromatic heterocycles. The smallest absolute Gasteiger partial charge is 0.376 e. The minimum atomic E-state index is -3.07. The molecule has 7 heteroatoms. The van der Waals surface area contributed by atoms with Crippen LogP contribution in [0.3, 0.4) is 0 Å². The fourth-order valence-corrected chi connectivity index (χ4v) is 9.31. The Balaban J connectivity index is 1.78. The van der Waals surface area contributed by atoms with Crippen molar-refractivity contribution >= 4 is 8.56 Å². The van der Waals surface area contributed by atoms with Crippen molar-refractivity contribution in [1.82, 2.24) is 0 Å². The summed E-state index contributed by atoms with van der Waals surface area (Å²) in [6, 6.07) is 20.5. The van der Waals surface area contributed by atoms with Crippen molar-refractivity contribution in [2.24, 2.45) is 17.8 Å². The van der Waals surface area contributed by atoms with Gasteiger partial charge in [0.05, 0.1) is 26.4 Å². The van der Waals surface area contributed by atoms with Gasteiger partial charge in [-0.2, -0.15) is 0 Å². The lowest BCUT2D eigenvalue weighted by Gasteiger charge is -2.50. The van der Waals surface area contributed by atoms with Crippen molar-refractivity contribution in [1.29, 1.82) is 0 Å². The monoisotopic (exact) mass is 558 g/mol. The highest BCUT2D eigenvalue weighted by molar-refractivity contribution is 6.73. The maximum Gasteiger partial charge on any atom is 0.419 e. The van der Waals surface area contributed by atoms with E-state index in [2.05, 4.69) is 86.6 Å². The van der Waals surface area contributed by atoms with E-state index in [0.29, 0.717) is 26.4 Å². The highest BCUT2D eigenvalue weighted by atomic mass is 28.4.